The second-order valence-electron chi connectivity index (χ2n) is 2.74. The molecule has 60 valence electrons. The smallest absolute Gasteiger partial charge is 0.0698 e. The van der Waals surface area contributed by atoms with Crippen molar-refractivity contribution in [3.05, 3.63) is 12.7 Å². The molecule has 0 heterocycles. The first-order valence-electron chi connectivity index (χ1n) is 3.69. The fraction of sp³-hybridized carbons (Fsp3) is 0.750. The van der Waals surface area contributed by atoms with Crippen molar-refractivity contribution in [2.45, 2.75) is 32.4 Å². The van der Waals surface area contributed by atoms with E-state index in [1.54, 1.807) is 6.08 Å². The lowest BCUT2D eigenvalue weighted by Gasteiger charge is -2.11. The molecular weight excluding hydrogens is 126 g/mol. The van der Waals surface area contributed by atoms with E-state index in [9.17, 15) is 0 Å². The molecule has 0 bridgehead atoms. The zero-order valence-corrected chi connectivity index (χ0v) is 6.80. The third-order valence-electron chi connectivity index (χ3n) is 1.20. The number of hydrogen-bond donors (Lipinski definition) is 2. The summed E-state index contributed by atoms with van der Waals surface area (Å²) in [6.07, 6.45) is 2.12. The summed E-state index contributed by atoms with van der Waals surface area (Å²) in [5, 5.41) is 12.3. The van der Waals surface area contributed by atoms with Gasteiger partial charge in [-0.2, -0.15) is 0 Å². The predicted molar refractivity (Wildman–Crippen MR) is 44.0 cm³/mol. The average molecular weight is 143 g/mol. The van der Waals surface area contributed by atoms with Gasteiger partial charge in [0.15, 0.2) is 0 Å². The van der Waals surface area contributed by atoms with Crippen molar-refractivity contribution in [1.82, 2.24) is 5.32 Å². The second-order valence-corrected chi connectivity index (χ2v) is 2.74. The van der Waals surface area contributed by atoms with Crippen molar-refractivity contribution < 1.29 is 5.11 Å². The highest BCUT2D eigenvalue weighted by Crippen LogP contribution is 1.90. The molecule has 0 aliphatic heterocycles. The minimum absolute atomic E-state index is 0.278. The number of aliphatic hydroxyl groups excluding tert-OH is 1. The summed E-state index contributed by atoms with van der Waals surface area (Å²) >= 11 is 0. The van der Waals surface area contributed by atoms with Gasteiger partial charge in [-0.05, 0) is 6.42 Å². The molecule has 0 saturated carbocycles. The van der Waals surface area contributed by atoms with Crippen molar-refractivity contribution >= 4 is 0 Å². The molecule has 0 aliphatic rings. The standard InChI is InChI=1S/C8H17NO/c1-4-5-8(10)6-9-7(2)3/h4,7-10H,1,5-6H2,2-3H3. The maximum absolute atomic E-state index is 9.16. The zero-order valence-electron chi connectivity index (χ0n) is 6.80. The van der Waals surface area contributed by atoms with Crippen LogP contribution < -0.4 is 5.32 Å². The van der Waals surface area contributed by atoms with Crippen LogP contribution >= 0.6 is 0 Å². The quantitative estimate of drug-likeness (QED) is 0.561. The second kappa shape index (κ2) is 5.45. The molecule has 2 N–H and O–H groups in total. The van der Waals surface area contributed by atoms with Gasteiger partial charge in [0.05, 0.1) is 6.10 Å². The van der Waals surface area contributed by atoms with Crippen LogP contribution in [0.2, 0.25) is 0 Å². The van der Waals surface area contributed by atoms with E-state index in [4.69, 9.17) is 5.11 Å². The van der Waals surface area contributed by atoms with Gasteiger partial charge in [0.25, 0.3) is 0 Å². The summed E-state index contributed by atoms with van der Waals surface area (Å²) in [6.45, 7) is 8.31. The van der Waals surface area contributed by atoms with Gasteiger partial charge < -0.3 is 10.4 Å². The minimum Gasteiger partial charge on any atom is -0.391 e. The average Bonchev–Trinajstić information content (AvgIpc) is 1.85. The van der Waals surface area contributed by atoms with Crippen LogP contribution in [0.1, 0.15) is 20.3 Å². The van der Waals surface area contributed by atoms with Crippen molar-refractivity contribution in [2.75, 3.05) is 6.54 Å². The Morgan fingerprint density at radius 3 is 2.60 bits per heavy atom. The Morgan fingerprint density at radius 1 is 1.60 bits per heavy atom. The van der Waals surface area contributed by atoms with E-state index >= 15 is 0 Å². The molecule has 0 radical (unpaired) electrons. The largest absolute Gasteiger partial charge is 0.391 e. The van der Waals surface area contributed by atoms with Crippen LogP contribution in [0, 0.1) is 0 Å². The van der Waals surface area contributed by atoms with Gasteiger partial charge in [-0.3, -0.25) is 0 Å². The molecule has 1 unspecified atom stereocenters. The van der Waals surface area contributed by atoms with Gasteiger partial charge in [0.2, 0.25) is 0 Å². The molecular formula is C8H17NO. The minimum atomic E-state index is -0.278. The molecule has 0 amide bonds. The highest BCUT2D eigenvalue weighted by molar-refractivity contribution is 4.73. The van der Waals surface area contributed by atoms with Gasteiger partial charge in [0.1, 0.15) is 0 Å². The van der Waals surface area contributed by atoms with Gasteiger partial charge in [-0.25, -0.2) is 0 Å². The lowest BCUT2D eigenvalue weighted by molar-refractivity contribution is 0.172. The maximum atomic E-state index is 9.16. The number of aliphatic hydroxyl groups is 1. The lowest BCUT2D eigenvalue weighted by Crippen LogP contribution is -2.31. The van der Waals surface area contributed by atoms with Crippen molar-refractivity contribution in [2.24, 2.45) is 0 Å². The van der Waals surface area contributed by atoms with Crippen LogP contribution in [0.5, 0.6) is 0 Å². The van der Waals surface area contributed by atoms with E-state index in [0.29, 0.717) is 19.0 Å². The molecule has 0 saturated heterocycles. The molecule has 2 heteroatoms. The summed E-state index contributed by atoms with van der Waals surface area (Å²) < 4.78 is 0. The summed E-state index contributed by atoms with van der Waals surface area (Å²) in [5.41, 5.74) is 0. The predicted octanol–water partition coefficient (Wildman–Crippen LogP) is 0.921. The SMILES string of the molecule is C=CCC(O)CNC(C)C. The normalized spacial score (nSPS) is 13.6. The first-order valence-corrected chi connectivity index (χ1v) is 3.69. The number of hydrogen-bond acceptors (Lipinski definition) is 2. The fourth-order valence-electron chi connectivity index (χ4n) is 0.647. The Bertz CT molecular complexity index is 91.3. The van der Waals surface area contributed by atoms with Crippen LogP contribution in [-0.2, 0) is 0 Å². The topological polar surface area (TPSA) is 32.3 Å². The summed E-state index contributed by atoms with van der Waals surface area (Å²) in [4.78, 5) is 0. The van der Waals surface area contributed by atoms with Crippen LogP contribution in [0.4, 0.5) is 0 Å². The Balaban J connectivity index is 3.20. The summed E-state index contributed by atoms with van der Waals surface area (Å²) in [6, 6.07) is 0.444. The van der Waals surface area contributed by atoms with Crippen molar-refractivity contribution in [1.29, 1.82) is 0 Å². The molecule has 0 aromatic rings. The molecule has 0 aromatic heterocycles. The Morgan fingerprint density at radius 2 is 2.20 bits per heavy atom. The third kappa shape index (κ3) is 5.79. The molecule has 0 rings (SSSR count). The molecule has 10 heavy (non-hydrogen) atoms. The van der Waals surface area contributed by atoms with E-state index in [1.165, 1.54) is 0 Å². The maximum Gasteiger partial charge on any atom is 0.0698 e. The van der Waals surface area contributed by atoms with E-state index in [-0.39, 0.29) is 6.10 Å². The van der Waals surface area contributed by atoms with Crippen LogP contribution in [0.25, 0.3) is 0 Å². The number of nitrogens with one attached hydrogen (secondary N) is 1. The summed E-state index contributed by atoms with van der Waals surface area (Å²) in [7, 11) is 0. The monoisotopic (exact) mass is 143 g/mol. The third-order valence-corrected chi connectivity index (χ3v) is 1.20. The molecule has 0 aliphatic carbocycles. The lowest BCUT2D eigenvalue weighted by atomic mass is 10.2. The fourth-order valence-corrected chi connectivity index (χ4v) is 0.647. The van der Waals surface area contributed by atoms with Gasteiger partial charge in [-0.15, -0.1) is 6.58 Å². The molecule has 1 atom stereocenters. The molecule has 0 fully saturated rings. The Kier molecular flexibility index (Phi) is 5.26. The first kappa shape index (κ1) is 9.66. The first-order chi connectivity index (χ1) is 4.66. The van der Waals surface area contributed by atoms with Crippen LogP contribution in [-0.4, -0.2) is 23.8 Å². The van der Waals surface area contributed by atoms with Crippen molar-refractivity contribution in [3.63, 3.8) is 0 Å². The molecule has 0 spiro atoms. The van der Waals surface area contributed by atoms with E-state index in [2.05, 4.69) is 25.7 Å². The van der Waals surface area contributed by atoms with Crippen molar-refractivity contribution in [3.8, 4) is 0 Å². The van der Waals surface area contributed by atoms with Gasteiger partial charge >= 0.3 is 0 Å². The zero-order chi connectivity index (χ0) is 7.98. The Hall–Kier alpha value is -0.340. The van der Waals surface area contributed by atoms with E-state index < -0.39 is 0 Å². The van der Waals surface area contributed by atoms with E-state index in [0.717, 1.165) is 0 Å². The van der Waals surface area contributed by atoms with Gasteiger partial charge in [-0.1, -0.05) is 19.9 Å². The highest BCUT2D eigenvalue weighted by atomic mass is 16.3. The molecule has 2 nitrogen and oxygen atoms in total. The van der Waals surface area contributed by atoms with E-state index in [1.807, 2.05) is 0 Å². The van der Waals surface area contributed by atoms with Crippen LogP contribution in [0.15, 0.2) is 12.7 Å². The highest BCUT2D eigenvalue weighted by Gasteiger charge is 2.00. The summed E-state index contributed by atoms with van der Waals surface area (Å²) in [5.74, 6) is 0. The number of rotatable bonds is 5. The Labute approximate surface area is 62.9 Å². The van der Waals surface area contributed by atoms with Gasteiger partial charge in [0, 0.05) is 12.6 Å². The van der Waals surface area contributed by atoms with Crippen LogP contribution in [0.3, 0.4) is 0 Å². The molecule has 0 aromatic carbocycles.